The Labute approximate surface area is 99.8 Å². The lowest BCUT2D eigenvalue weighted by Gasteiger charge is -2.07. The molecule has 1 aromatic carbocycles. The zero-order valence-electron chi connectivity index (χ0n) is 9.64. The SMILES string of the molecule is Cn1ccnc1CNc1ccc(C(=N)N)cc1. The third-order valence-corrected chi connectivity index (χ3v) is 2.57. The Kier molecular flexibility index (Phi) is 3.09. The van der Waals surface area contributed by atoms with Gasteiger partial charge in [-0.25, -0.2) is 4.98 Å². The molecule has 0 unspecified atom stereocenters. The second-order valence-corrected chi connectivity index (χ2v) is 3.80. The molecule has 0 radical (unpaired) electrons. The summed E-state index contributed by atoms with van der Waals surface area (Å²) < 4.78 is 1.97. The van der Waals surface area contributed by atoms with Crippen LogP contribution in [0, 0.1) is 5.41 Å². The summed E-state index contributed by atoms with van der Waals surface area (Å²) in [7, 11) is 1.96. The van der Waals surface area contributed by atoms with Crippen molar-refractivity contribution in [1.82, 2.24) is 9.55 Å². The van der Waals surface area contributed by atoms with E-state index < -0.39 is 0 Å². The van der Waals surface area contributed by atoms with Crippen molar-refractivity contribution in [2.75, 3.05) is 5.32 Å². The van der Waals surface area contributed by atoms with Crippen molar-refractivity contribution >= 4 is 11.5 Å². The van der Waals surface area contributed by atoms with E-state index in [-0.39, 0.29) is 5.84 Å². The first kappa shape index (κ1) is 11.2. The Balaban J connectivity index is 2.00. The first-order valence-corrected chi connectivity index (χ1v) is 5.31. The van der Waals surface area contributed by atoms with Gasteiger partial charge < -0.3 is 15.6 Å². The maximum atomic E-state index is 7.29. The van der Waals surface area contributed by atoms with Gasteiger partial charge in [-0.1, -0.05) is 0 Å². The Hall–Kier alpha value is -2.30. The molecule has 0 aliphatic rings. The number of hydrogen-bond acceptors (Lipinski definition) is 3. The van der Waals surface area contributed by atoms with Gasteiger partial charge in [0, 0.05) is 30.7 Å². The minimum atomic E-state index is 0.0839. The van der Waals surface area contributed by atoms with E-state index in [1.165, 1.54) is 0 Å². The molecule has 0 atom stereocenters. The van der Waals surface area contributed by atoms with Gasteiger partial charge in [0.1, 0.15) is 11.7 Å². The summed E-state index contributed by atoms with van der Waals surface area (Å²) >= 11 is 0. The molecular weight excluding hydrogens is 214 g/mol. The molecule has 0 amide bonds. The number of aryl methyl sites for hydroxylation is 1. The normalized spacial score (nSPS) is 10.2. The second kappa shape index (κ2) is 4.69. The van der Waals surface area contributed by atoms with Crippen LogP contribution in [0.4, 0.5) is 5.69 Å². The summed E-state index contributed by atoms with van der Waals surface area (Å²) in [6, 6.07) is 7.45. The standard InChI is InChI=1S/C12H15N5/c1-17-7-6-15-11(17)8-16-10-4-2-9(3-5-10)12(13)14/h2-7,16H,8H2,1H3,(H3,13,14). The number of nitrogens with one attached hydrogen (secondary N) is 2. The lowest BCUT2D eigenvalue weighted by Crippen LogP contribution is -2.11. The van der Waals surface area contributed by atoms with Crippen LogP contribution in [-0.2, 0) is 13.6 Å². The molecule has 0 fully saturated rings. The summed E-state index contributed by atoms with van der Waals surface area (Å²) in [5, 5.41) is 10.6. The molecule has 0 aliphatic carbocycles. The number of rotatable bonds is 4. The van der Waals surface area contributed by atoms with E-state index in [2.05, 4.69) is 10.3 Å². The Morgan fingerprint density at radius 3 is 2.65 bits per heavy atom. The fraction of sp³-hybridized carbons (Fsp3) is 0.167. The predicted molar refractivity (Wildman–Crippen MR) is 68.0 cm³/mol. The Morgan fingerprint density at radius 2 is 2.12 bits per heavy atom. The minimum absolute atomic E-state index is 0.0839. The molecule has 2 rings (SSSR count). The first-order valence-electron chi connectivity index (χ1n) is 5.31. The van der Waals surface area contributed by atoms with Gasteiger partial charge in [0.2, 0.25) is 0 Å². The lowest BCUT2D eigenvalue weighted by atomic mass is 10.2. The van der Waals surface area contributed by atoms with Crippen LogP contribution in [0.1, 0.15) is 11.4 Å². The highest BCUT2D eigenvalue weighted by Crippen LogP contribution is 2.10. The van der Waals surface area contributed by atoms with Crippen LogP contribution in [0.5, 0.6) is 0 Å². The van der Waals surface area contributed by atoms with Crippen molar-refractivity contribution in [2.24, 2.45) is 12.8 Å². The van der Waals surface area contributed by atoms with Crippen molar-refractivity contribution in [3.05, 3.63) is 48.0 Å². The number of nitrogen functional groups attached to an aromatic ring is 1. The molecule has 5 heteroatoms. The summed E-state index contributed by atoms with van der Waals surface area (Å²) in [6.45, 7) is 0.670. The van der Waals surface area contributed by atoms with Gasteiger partial charge in [0.15, 0.2) is 0 Å². The number of aromatic nitrogens is 2. The summed E-state index contributed by atoms with van der Waals surface area (Å²) in [5.74, 6) is 1.06. The quantitative estimate of drug-likeness (QED) is 0.546. The molecule has 0 bridgehead atoms. The first-order chi connectivity index (χ1) is 8.16. The number of hydrogen-bond donors (Lipinski definition) is 3. The number of nitrogens with zero attached hydrogens (tertiary/aromatic N) is 2. The smallest absolute Gasteiger partial charge is 0.127 e. The molecule has 0 saturated heterocycles. The molecule has 1 heterocycles. The number of anilines is 1. The number of imidazole rings is 1. The second-order valence-electron chi connectivity index (χ2n) is 3.80. The van der Waals surface area contributed by atoms with Gasteiger partial charge in [-0.2, -0.15) is 0 Å². The monoisotopic (exact) mass is 229 g/mol. The molecule has 4 N–H and O–H groups in total. The van der Waals surface area contributed by atoms with E-state index in [1.54, 1.807) is 6.20 Å². The van der Waals surface area contributed by atoms with E-state index in [0.29, 0.717) is 6.54 Å². The van der Waals surface area contributed by atoms with E-state index in [1.807, 2.05) is 42.1 Å². The number of benzene rings is 1. The summed E-state index contributed by atoms with van der Waals surface area (Å²) in [5.41, 5.74) is 7.10. The highest BCUT2D eigenvalue weighted by molar-refractivity contribution is 5.95. The fourth-order valence-corrected chi connectivity index (χ4v) is 1.52. The van der Waals surface area contributed by atoms with Crippen LogP contribution in [0.25, 0.3) is 0 Å². The van der Waals surface area contributed by atoms with Crippen LogP contribution in [-0.4, -0.2) is 15.4 Å². The van der Waals surface area contributed by atoms with Gasteiger partial charge in [-0.15, -0.1) is 0 Å². The largest absolute Gasteiger partial charge is 0.384 e. The van der Waals surface area contributed by atoms with E-state index in [4.69, 9.17) is 11.1 Å². The average molecular weight is 229 g/mol. The van der Waals surface area contributed by atoms with Gasteiger partial charge in [0.25, 0.3) is 0 Å². The molecule has 17 heavy (non-hydrogen) atoms. The van der Waals surface area contributed by atoms with Crippen LogP contribution < -0.4 is 11.1 Å². The molecule has 0 spiro atoms. The van der Waals surface area contributed by atoms with Crippen molar-refractivity contribution in [3.63, 3.8) is 0 Å². The summed E-state index contributed by atoms with van der Waals surface area (Å²) in [6.07, 6.45) is 3.69. The third-order valence-electron chi connectivity index (χ3n) is 2.57. The van der Waals surface area contributed by atoms with Crippen molar-refractivity contribution in [1.29, 1.82) is 5.41 Å². The van der Waals surface area contributed by atoms with Gasteiger partial charge in [0.05, 0.1) is 6.54 Å². The molecular formula is C12H15N5. The van der Waals surface area contributed by atoms with Crippen LogP contribution in [0.15, 0.2) is 36.7 Å². The van der Waals surface area contributed by atoms with Crippen molar-refractivity contribution < 1.29 is 0 Å². The molecule has 5 nitrogen and oxygen atoms in total. The van der Waals surface area contributed by atoms with Crippen molar-refractivity contribution in [3.8, 4) is 0 Å². The Morgan fingerprint density at radius 1 is 1.41 bits per heavy atom. The number of amidine groups is 1. The Bertz CT molecular complexity index is 512. The average Bonchev–Trinajstić information content (AvgIpc) is 2.73. The highest BCUT2D eigenvalue weighted by atomic mass is 15.1. The van der Waals surface area contributed by atoms with E-state index in [0.717, 1.165) is 17.1 Å². The third kappa shape index (κ3) is 2.63. The molecule has 2 aromatic rings. The summed E-state index contributed by atoms with van der Waals surface area (Å²) in [4.78, 5) is 4.22. The topological polar surface area (TPSA) is 79.7 Å². The maximum Gasteiger partial charge on any atom is 0.127 e. The molecule has 1 aromatic heterocycles. The zero-order valence-corrected chi connectivity index (χ0v) is 9.64. The molecule has 88 valence electrons. The molecule has 0 saturated carbocycles. The zero-order chi connectivity index (χ0) is 12.3. The van der Waals surface area contributed by atoms with Crippen LogP contribution in [0.2, 0.25) is 0 Å². The van der Waals surface area contributed by atoms with Crippen molar-refractivity contribution in [2.45, 2.75) is 6.54 Å². The van der Waals surface area contributed by atoms with E-state index in [9.17, 15) is 0 Å². The highest BCUT2D eigenvalue weighted by Gasteiger charge is 2.00. The van der Waals surface area contributed by atoms with Gasteiger partial charge in [-0.3, -0.25) is 5.41 Å². The van der Waals surface area contributed by atoms with Crippen LogP contribution >= 0.6 is 0 Å². The van der Waals surface area contributed by atoms with Gasteiger partial charge >= 0.3 is 0 Å². The lowest BCUT2D eigenvalue weighted by molar-refractivity contribution is 0.813. The maximum absolute atomic E-state index is 7.29. The minimum Gasteiger partial charge on any atom is -0.384 e. The van der Waals surface area contributed by atoms with E-state index >= 15 is 0 Å². The number of nitrogens with two attached hydrogens (primary N) is 1. The van der Waals surface area contributed by atoms with Crippen LogP contribution in [0.3, 0.4) is 0 Å². The predicted octanol–water partition coefficient (Wildman–Crippen LogP) is 1.32. The molecule has 0 aliphatic heterocycles. The fourth-order valence-electron chi connectivity index (χ4n) is 1.52. The van der Waals surface area contributed by atoms with Gasteiger partial charge in [-0.05, 0) is 24.3 Å².